The number of aryl methyl sites for hydroxylation is 2. The second kappa shape index (κ2) is 8.33. The van der Waals surface area contributed by atoms with Crippen molar-refractivity contribution in [3.63, 3.8) is 0 Å². The molecule has 3 rings (SSSR count). The maximum Gasteiger partial charge on any atom is 0.264 e. The lowest BCUT2D eigenvalue weighted by molar-refractivity contribution is 0.0760. The van der Waals surface area contributed by atoms with E-state index in [4.69, 9.17) is 4.98 Å². The zero-order valence-corrected chi connectivity index (χ0v) is 17.3. The molecule has 0 unspecified atom stereocenters. The minimum Gasteiger partial charge on any atom is -0.356 e. The van der Waals surface area contributed by atoms with Gasteiger partial charge in [0.2, 0.25) is 0 Å². The van der Waals surface area contributed by atoms with Crippen molar-refractivity contribution >= 4 is 33.3 Å². The highest BCUT2D eigenvalue weighted by Gasteiger charge is 2.25. The van der Waals surface area contributed by atoms with Crippen LogP contribution in [0.25, 0.3) is 10.2 Å². The maximum atomic E-state index is 13.2. The van der Waals surface area contributed by atoms with Crippen molar-refractivity contribution < 1.29 is 4.79 Å². The van der Waals surface area contributed by atoms with Gasteiger partial charge in [0, 0.05) is 26.2 Å². The van der Waals surface area contributed by atoms with Crippen LogP contribution in [0.4, 0.5) is 5.82 Å². The Morgan fingerprint density at radius 1 is 1.08 bits per heavy atom. The number of fused-ring (bicyclic) bond motifs is 1. The second-order valence-electron chi connectivity index (χ2n) is 7.17. The monoisotopic (exact) mass is 374 g/mol. The molecule has 1 aliphatic rings. The minimum absolute atomic E-state index is 0.149. The van der Waals surface area contributed by atoms with Crippen LogP contribution in [0.2, 0.25) is 0 Å². The Bertz CT molecular complexity index is 774. The Kier molecular flexibility index (Phi) is 6.12. The number of amides is 1. The van der Waals surface area contributed by atoms with E-state index >= 15 is 0 Å². The van der Waals surface area contributed by atoms with Gasteiger partial charge in [-0.3, -0.25) is 4.79 Å². The number of anilines is 1. The van der Waals surface area contributed by atoms with Crippen LogP contribution in [0.15, 0.2) is 0 Å². The summed E-state index contributed by atoms with van der Waals surface area (Å²) in [4.78, 5) is 28.7. The van der Waals surface area contributed by atoms with Gasteiger partial charge in [-0.05, 0) is 51.5 Å². The topological polar surface area (TPSA) is 49.3 Å². The first-order valence-electron chi connectivity index (χ1n) is 9.88. The molecular formula is C20H30N4OS. The highest BCUT2D eigenvalue weighted by atomic mass is 32.1. The van der Waals surface area contributed by atoms with Crippen molar-refractivity contribution in [2.45, 2.75) is 59.8 Å². The van der Waals surface area contributed by atoms with Crippen LogP contribution in [-0.4, -0.2) is 47.0 Å². The van der Waals surface area contributed by atoms with Gasteiger partial charge in [-0.25, -0.2) is 9.97 Å². The molecule has 0 aromatic carbocycles. The first kappa shape index (κ1) is 19.1. The molecule has 0 spiro atoms. The lowest BCUT2D eigenvalue weighted by atomic mass is 10.1. The third-order valence-electron chi connectivity index (χ3n) is 5.01. The number of hydrogen-bond donors (Lipinski definition) is 0. The summed E-state index contributed by atoms with van der Waals surface area (Å²) in [6.07, 6.45) is 5.67. The smallest absolute Gasteiger partial charge is 0.264 e. The molecule has 0 radical (unpaired) electrons. The van der Waals surface area contributed by atoms with Crippen molar-refractivity contribution in [3.05, 3.63) is 16.3 Å². The minimum atomic E-state index is 0.149. The predicted octanol–water partition coefficient (Wildman–Crippen LogP) is 4.56. The van der Waals surface area contributed by atoms with E-state index in [2.05, 4.69) is 30.7 Å². The number of carbonyl (C=O) groups is 1. The third-order valence-corrected chi connectivity index (χ3v) is 6.18. The number of rotatable bonds is 6. The number of nitrogens with zero attached hydrogens (tertiary/aromatic N) is 4. The Hall–Kier alpha value is -1.69. The summed E-state index contributed by atoms with van der Waals surface area (Å²) >= 11 is 1.54. The third kappa shape index (κ3) is 3.70. The van der Waals surface area contributed by atoms with E-state index in [0.717, 1.165) is 71.3 Å². The molecular weight excluding hydrogens is 344 g/mol. The highest BCUT2D eigenvalue weighted by Crippen LogP contribution is 2.37. The van der Waals surface area contributed by atoms with Crippen LogP contribution in [0, 0.1) is 13.8 Å². The van der Waals surface area contributed by atoms with Gasteiger partial charge in [-0.2, -0.15) is 0 Å². The van der Waals surface area contributed by atoms with Gasteiger partial charge in [-0.1, -0.05) is 13.8 Å². The molecule has 2 aromatic rings. The lowest BCUT2D eigenvalue weighted by Crippen LogP contribution is -2.32. The molecule has 6 heteroatoms. The van der Waals surface area contributed by atoms with E-state index in [1.165, 1.54) is 30.6 Å². The zero-order valence-electron chi connectivity index (χ0n) is 16.5. The van der Waals surface area contributed by atoms with Crippen LogP contribution in [0.5, 0.6) is 0 Å². The summed E-state index contributed by atoms with van der Waals surface area (Å²) in [6, 6.07) is 0. The Labute approximate surface area is 160 Å². The zero-order chi connectivity index (χ0) is 18.7. The van der Waals surface area contributed by atoms with Gasteiger partial charge in [0.05, 0.1) is 10.3 Å². The van der Waals surface area contributed by atoms with Crippen molar-refractivity contribution in [2.24, 2.45) is 0 Å². The standard InChI is InChI=1S/C20H30N4OS/c1-5-10-24(11-6-2)20(25)17-14(3)16-18(23-12-8-7-9-13-23)21-15(4)22-19(16)26-17/h5-13H2,1-4H3. The van der Waals surface area contributed by atoms with Crippen LogP contribution >= 0.6 is 11.3 Å². The van der Waals surface area contributed by atoms with E-state index in [1.807, 2.05) is 11.8 Å². The number of hydrogen-bond acceptors (Lipinski definition) is 5. The molecule has 0 bridgehead atoms. The summed E-state index contributed by atoms with van der Waals surface area (Å²) in [5.74, 6) is 1.96. The molecule has 26 heavy (non-hydrogen) atoms. The van der Waals surface area contributed by atoms with Gasteiger partial charge in [0.1, 0.15) is 16.5 Å². The second-order valence-corrected chi connectivity index (χ2v) is 8.17. The van der Waals surface area contributed by atoms with Gasteiger partial charge in [0.25, 0.3) is 5.91 Å². The molecule has 3 heterocycles. The Morgan fingerprint density at radius 2 is 1.73 bits per heavy atom. The van der Waals surface area contributed by atoms with Crippen molar-refractivity contribution in [3.8, 4) is 0 Å². The number of piperidine rings is 1. The normalized spacial score (nSPS) is 14.8. The van der Waals surface area contributed by atoms with Crippen molar-refractivity contribution in [2.75, 3.05) is 31.1 Å². The van der Waals surface area contributed by atoms with E-state index in [-0.39, 0.29) is 5.91 Å². The van der Waals surface area contributed by atoms with Crippen molar-refractivity contribution in [1.82, 2.24) is 14.9 Å². The van der Waals surface area contributed by atoms with Gasteiger partial charge in [-0.15, -0.1) is 11.3 Å². The molecule has 0 saturated carbocycles. The quantitative estimate of drug-likeness (QED) is 0.744. The van der Waals surface area contributed by atoms with Crippen LogP contribution in [-0.2, 0) is 0 Å². The predicted molar refractivity (Wildman–Crippen MR) is 109 cm³/mol. The molecule has 5 nitrogen and oxygen atoms in total. The van der Waals surface area contributed by atoms with Gasteiger partial charge >= 0.3 is 0 Å². The average Bonchev–Trinajstić information content (AvgIpc) is 2.97. The first-order chi connectivity index (χ1) is 12.6. The molecule has 1 saturated heterocycles. The summed E-state index contributed by atoms with van der Waals surface area (Å²) in [5.41, 5.74) is 1.05. The Balaban J connectivity index is 2.05. The van der Waals surface area contributed by atoms with E-state index in [1.54, 1.807) is 0 Å². The summed E-state index contributed by atoms with van der Waals surface area (Å²) in [7, 11) is 0. The Morgan fingerprint density at radius 3 is 2.35 bits per heavy atom. The maximum absolute atomic E-state index is 13.2. The fourth-order valence-electron chi connectivity index (χ4n) is 3.76. The number of thiophene rings is 1. The average molecular weight is 375 g/mol. The lowest BCUT2D eigenvalue weighted by Gasteiger charge is -2.28. The molecule has 0 aliphatic carbocycles. The fourth-order valence-corrected chi connectivity index (χ4v) is 4.95. The van der Waals surface area contributed by atoms with E-state index in [0.29, 0.717) is 0 Å². The molecule has 1 aliphatic heterocycles. The molecule has 142 valence electrons. The van der Waals surface area contributed by atoms with Crippen molar-refractivity contribution in [1.29, 1.82) is 0 Å². The summed E-state index contributed by atoms with van der Waals surface area (Å²) < 4.78 is 0. The van der Waals surface area contributed by atoms with Crippen LogP contribution in [0.1, 0.15) is 67.0 Å². The highest BCUT2D eigenvalue weighted by molar-refractivity contribution is 7.20. The van der Waals surface area contributed by atoms with Gasteiger partial charge < -0.3 is 9.80 Å². The molecule has 2 aromatic heterocycles. The van der Waals surface area contributed by atoms with Gasteiger partial charge in [0.15, 0.2) is 0 Å². The number of aromatic nitrogens is 2. The summed E-state index contributed by atoms with van der Waals surface area (Å²) in [6.45, 7) is 12.0. The first-order valence-corrected chi connectivity index (χ1v) is 10.7. The fraction of sp³-hybridized carbons (Fsp3) is 0.650. The van der Waals surface area contributed by atoms with E-state index < -0.39 is 0 Å². The van der Waals surface area contributed by atoms with E-state index in [9.17, 15) is 4.79 Å². The molecule has 1 amide bonds. The largest absolute Gasteiger partial charge is 0.356 e. The molecule has 0 N–H and O–H groups in total. The molecule has 1 fully saturated rings. The van der Waals surface area contributed by atoms with Crippen LogP contribution in [0.3, 0.4) is 0 Å². The van der Waals surface area contributed by atoms with Crippen LogP contribution < -0.4 is 4.90 Å². The number of carbonyl (C=O) groups excluding carboxylic acids is 1. The molecule has 0 atom stereocenters. The summed E-state index contributed by atoms with van der Waals surface area (Å²) in [5, 5.41) is 1.08. The SMILES string of the molecule is CCCN(CCC)C(=O)c1sc2nc(C)nc(N3CCCCC3)c2c1C.